The summed E-state index contributed by atoms with van der Waals surface area (Å²) in [6, 6.07) is 4.17. The number of hydrogen-bond donors (Lipinski definition) is 2. The van der Waals surface area contributed by atoms with Crippen molar-refractivity contribution in [2.75, 3.05) is 0 Å². The largest absolute Gasteiger partial charge is 0.481 e. The van der Waals surface area contributed by atoms with Gasteiger partial charge in [0.25, 0.3) is 0 Å². The third-order valence-electron chi connectivity index (χ3n) is 2.47. The van der Waals surface area contributed by atoms with Crippen LogP contribution in [0.1, 0.15) is 25.8 Å². The highest BCUT2D eigenvalue weighted by Gasteiger charge is 2.24. The predicted molar refractivity (Wildman–Crippen MR) is 69.6 cm³/mol. The molecule has 19 heavy (non-hydrogen) atoms. The Balaban J connectivity index is 2.73. The van der Waals surface area contributed by atoms with Gasteiger partial charge in [0.1, 0.15) is 5.82 Å². The second-order valence-electron chi connectivity index (χ2n) is 4.88. The van der Waals surface area contributed by atoms with E-state index in [1.165, 1.54) is 18.2 Å². The van der Waals surface area contributed by atoms with Crippen molar-refractivity contribution in [2.45, 2.75) is 32.2 Å². The molecule has 0 saturated heterocycles. The lowest BCUT2D eigenvalue weighted by molar-refractivity contribution is -0.138. The highest BCUT2D eigenvalue weighted by molar-refractivity contribution is 6.31. The second-order valence-corrected chi connectivity index (χ2v) is 5.29. The van der Waals surface area contributed by atoms with E-state index in [0.29, 0.717) is 0 Å². The van der Waals surface area contributed by atoms with Gasteiger partial charge in [-0.25, -0.2) is 4.39 Å². The number of nitrogens with one attached hydrogen (secondary N) is 1. The van der Waals surface area contributed by atoms with Gasteiger partial charge in [-0.2, -0.15) is 0 Å². The maximum Gasteiger partial charge on any atom is 0.305 e. The van der Waals surface area contributed by atoms with Crippen molar-refractivity contribution in [1.82, 2.24) is 5.32 Å². The van der Waals surface area contributed by atoms with Crippen molar-refractivity contribution in [2.24, 2.45) is 0 Å². The molecule has 0 atom stereocenters. The molecule has 0 radical (unpaired) electrons. The minimum absolute atomic E-state index is 0.104. The fourth-order valence-electron chi connectivity index (χ4n) is 1.71. The molecule has 0 aromatic heterocycles. The molecule has 0 aliphatic carbocycles. The molecule has 0 unspecified atom stereocenters. The van der Waals surface area contributed by atoms with E-state index in [0.717, 1.165) is 0 Å². The Kier molecular flexibility index (Phi) is 4.89. The minimum atomic E-state index is -1.02. The first-order valence-corrected chi connectivity index (χ1v) is 6.05. The topological polar surface area (TPSA) is 66.4 Å². The van der Waals surface area contributed by atoms with Crippen LogP contribution in [0, 0.1) is 5.82 Å². The van der Waals surface area contributed by atoms with Crippen LogP contribution < -0.4 is 5.32 Å². The SMILES string of the molecule is CC(C)(CC(=O)O)NC(=O)Cc1c(F)cccc1Cl. The van der Waals surface area contributed by atoms with Gasteiger partial charge in [0.05, 0.1) is 12.8 Å². The Bertz CT molecular complexity index is 482. The second kappa shape index (κ2) is 6.02. The lowest BCUT2D eigenvalue weighted by Gasteiger charge is -2.24. The number of hydrogen-bond acceptors (Lipinski definition) is 2. The Hall–Kier alpha value is -1.62. The first-order chi connectivity index (χ1) is 8.71. The summed E-state index contributed by atoms with van der Waals surface area (Å²) < 4.78 is 13.5. The van der Waals surface area contributed by atoms with Gasteiger partial charge in [-0.3, -0.25) is 9.59 Å². The molecule has 0 aliphatic rings. The van der Waals surface area contributed by atoms with Crippen molar-refractivity contribution in [3.05, 3.63) is 34.6 Å². The Morgan fingerprint density at radius 2 is 2.05 bits per heavy atom. The minimum Gasteiger partial charge on any atom is -0.481 e. The summed E-state index contributed by atoms with van der Waals surface area (Å²) >= 11 is 5.82. The maximum atomic E-state index is 13.5. The first kappa shape index (κ1) is 15.4. The van der Waals surface area contributed by atoms with Gasteiger partial charge in [0, 0.05) is 16.1 Å². The van der Waals surface area contributed by atoms with Crippen molar-refractivity contribution in [3.63, 3.8) is 0 Å². The van der Waals surface area contributed by atoms with Gasteiger partial charge < -0.3 is 10.4 Å². The number of halogens is 2. The van der Waals surface area contributed by atoms with E-state index >= 15 is 0 Å². The zero-order valence-electron chi connectivity index (χ0n) is 10.7. The van der Waals surface area contributed by atoms with Gasteiger partial charge >= 0.3 is 5.97 Å². The lowest BCUT2D eigenvalue weighted by atomic mass is 10.00. The number of rotatable bonds is 5. The van der Waals surface area contributed by atoms with Gasteiger partial charge in [-0.1, -0.05) is 17.7 Å². The van der Waals surface area contributed by atoms with Crippen LogP contribution in [0.15, 0.2) is 18.2 Å². The standard InChI is InChI=1S/C13H15ClFNO3/c1-13(2,7-12(18)19)16-11(17)6-8-9(14)4-3-5-10(8)15/h3-5H,6-7H2,1-2H3,(H,16,17)(H,18,19). The number of carboxylic acids is 1. The summed E-state index contributed by atoms with van der Waals surface area (Å²) in [5, 5.41) is 11.4. The van der Waals surface area contributed by atoms with Gasteiger partial charge in [0.2, 0.25) is 5.91 Å². The van der Waals surface area contributed by atoms with E-state index in [1.807, 2.05) is 0 Å². The van der Waals surface area contributed by atoms with Crippen molar-refractivity contribution >= 4 is 23.5 Å². The monoisotopic (exact) mass is 287 g/mol. The van der Waals surface area contributed by atoms with E-state index in [-0.39, 0.29) is 23.4 Å². The molecule has 0 saturated carbocycles. The van der Waals surface area contributed by atoms with Crippen molar-refractivity contribution in [3.8, 4) is 0 Å². The highest BCUT2D eigenvalue weighted by atomic mass is 35.5. The Morgan fingerprint density at radius 1 is 1.42 bits per heavy atom. The maximum absolute atomic E-state index is 13.5. The molecule has 1 amide bonds. The van der Waals surface area contributed by atoms with Crippen LogP contribution in [0.5, 0.6) is 0 Å². The average molecular weight is 288 g/mol. The quantitative estimate of drug-likeness (QED) is 0.874. The van der Waals surface area contributed by atoms with E-state index in [4.69, 9.17) is 16.7 Å². The Labute approximate surface area is 115 Å². The van der Waals surface area contributed by atoms with Crippen LogP contribution in [0.4, 0.5) is 4.39 Å². The normalized spacial score (nSPS) is 11.2. The van der Waals surface area contributed by atoms with Crippen LogP contribution in [0.3, 0.4) is 0 Å². The molecule has 104 valence electrons. The van der Waals surface area contributed by atoms with E-state index in [9.17, 15) is 14.0 Å². The molecule has 0 bridgehead atoms. The molecule has 1 rings (SSSR count). The number of carbonyl (C=O) groups excluding carboxylic acids is 1. The molecule has 0 spiro atoms. The smallest absolute Gasteiger partial charge is 0.305 e. The zero-order chi connectivity index (χ0) is 14.6. The number of carbonyl (C=O) groups is 2. The number of aliphatic carboxylic acids is 1. The lowest BCUT2D eigenvalue weighted by Crippen LogP contribution is -2.45. The van der Waals surface area contributed by atoms with Gasteiger partial charge in [-0.15, -0.1) is 0 Å². The van der Waals surface area contributed by atoms with Crippen LogP contribution >= 0.6 is 11.6 Å². The molecular formula is C13H15ClFNO3. The molecule has 1 aromatic rings. The van der Waals surface area contributed by atoms with Crippen LogP contribution in [0.2, 0.25) is 5.02 Å². The summed E-state index contributed by atoms with van der Waals surface area (Å²) in [7, 11) is 0. The van der Waals surface area contributed by atoms with Crippen LogP contribution in [0.25, 0.3) is 0 Å². The zero-order valence-corrected chi connectivity index (χ0v) is 11.4. The molecule has 1 aromatic carbocycles. The molecule has 0 aliphatic heterocycles. The van der Waals surface area contributed by atoms with E-state index in [2.05, 4.69) is 5.32 Å². The summed E-state index contributed by atoms with van der Waals surface area (Å²) in [4.78, 5) is 22.4. The van der Waals surface area contributed by atoms with E-state index < -0.39 is 23.2 Å². The molecule has 2 N–H and O–H groups in total. The number of carboxylic acid groups (broad SMARTS) is 1. The fourth-order valence-corrected chi connectivity index (χ4v) is 1.94. The fraction of sp³-hybridized carbons (Fsp3) is 0.385. The third kappa shape index (κ3) is 4.87. The summed E-state index contributed by atoms with van der Waals surface area (Å²) in [5.41, 5.74) is -0.798. The molecule has 0 fully saturated rings. The predicted octanol–water partition coefficient (Wildman–Crippen LogP) is 2.39. The number of benzene rings is 1. The molecule has 4 nitrogen and oxygen atoms in total. The Morgan fingerprint density at radius 3 is 2.58 bits per heavy atom. The highest BCUT2D eigenvalue weighted by Crippen LogP contribution is 2.20. The van der Waals surface area contributed by atoms with Crippen LogP contribution in [-0.4, -0.2) is 22.5 Å². The molecule has 0 heterocycles. The van der Waals surface area contributed by atoms with Crippen LogP contribution in [-0.2, 0) is 16.0 Å². The van der Waals surface area contributed by atoms with E-state index in [1.54, 1.807) is 13.8 Å². The number of amides is 1. The molecule has 6 heteroatoms. The van der Waals surface area contributed by atoms with Crippen molar-refractivity contribution < 1.29 is 19.1 Å². The summed E-state index contributed by atoms with van der Waals surface area (Å²) in [5.74, 6) is -2.05. The summed E-state index contributed by atoms with van der Waals surface area (Å²) in [6.07, 6.45) is -0.446. The average Bonchev–Trinajstić information content (AvgIpc) is 2.20. The summed E-state index contributed by atoms with van der Waals surface area (Å²) in [6.45, 7) is 3.17. The van der Waals surface area contributed by atoms with Gasteiger partial charge in [0.15, 0.2) is 0 Å². The first-order valence-electron chi connectivity index (χ1n) is 5.67. The third-order valence-corrected chi connectivity index (χ3v) is 2.82. The van der Waals surface area contributed by atoms with Crippen molar-refractivity contribution in [1.29, 1.82) is 0 Å². The molecular weight excluding hydrogens is 273 g/mol. The van der Waals surface area contributed by atoms with Gasteiger partial charge in [-0.05, 0) is 26.0 Å².